The first kappa shape index (κ1) is 5.85. The Balaban J connectivity index is 3.03. The molecule has 0 bridgehead atoms. The summed E-state index contributed by atoms with van der Waals surface area (Å²) in [6.45, 7) is 1.93. The fourth-order valence-corrected chi connectivity index (χ4v) is 0.732. The summed E-state index contributed by atoms with van der Waals surface area (Å²) in [5, 5.41) is 7.70. The van der Waals surface area contributed by atoms with Gasteiger partial charge in [0, 0.05) is 0 Å². The first-order valence-electron chi connectivity index (χ1n) is 2.35. The summed E-state index contributed by atoms with van der Waals surface area (Å²) in [7, 11) is 0. The predicted molar refractivity (Wildman–Crippen MR) is 32.2 cm³/mol. The van der Waals surface area contributed by atoms with Crippen LogP contribution in [0.3, 0.4) is 0 Å². The Morgan fingerprint density at radius 3 is 2.50 bits per heavy atom. The van der Waals surface area contributed by atoms with E-state index in [1.165, 1.54) is 18.6 Å². The second-order valence-electron chi connectivity index (χ2n) is 1.60. The van der Waals surface area contributed by atoms with Gasteiger partial charge in [-0.25, -0.2) is 0 Å². The van der Waals surface area contributed by atoms with Gasteiger partial charge in [0.1, 0.15) is 0 Å². The van der Waals surface area contributed by atoms with Gasteiger partial charge in [-0.15, -0.1) is 0 Å². The van der Waals surface area contributed by atoms with Crippen LogP contribution in [0, 0.1) is 6.92 Å². The molecule has 0 spiro atoms. The fourth-order valence-electron chi connectivity index (χ4n) is 0.409. The third-order valence-electron chi connectivity index (χ3n) is 0.819. The summed E-state index contributed by atoms with van der Waals surface area (Å²) in [4.78, 5) is 0. The summed E-state index contributed by atoms with van der Waals surface area (Å²) in [6, 6.07) is 3.94. The van der Waals surface area contributed by atoms with Crippen molar-refractivity contribution in [2.45, 2.75) is 6.92 Å². The molecule has 1 aromatic heterocycles. The number of nitrogens with zero attached hydrogens (tertiary/aromatic N) is 2. The van der Waals surface area contributed by atoms with E-state index < -0.39 is 0 Å². The van der Waals surface area contributed by atoms with Crippen LogP contribution >= 0.6 is 0 Å². The topological polar surface area (TPSA) is 25.8 Å². The molecule has 0 aromatic carbocycles. The van der Waals surface area contributed by atoms with E-state index in [4.69, 9.17) is 0 Å². The molecule has 0 N–H and O–H groups in total. The molecule has 0 saturated heterocycles. The van der Waals surface area contributed by atoms with E-state index in [1.807, 2.05) is 19.1 Å². The van der Waals surface area contributed by atoms with Crippen LogP contribution < -0.4 is 4.25 Å². The van der Waals surface area contributed by atoms with Crippen LogP contribution in [0.15, 0.2) is 12.1 Å². The fraction of sp³-hybridized carbons (Fsp3) is 0.200. The van der Waals surface area contributed by atoms with Crippen molar-refractivity contribution in [3.63, 3.8) is 0 Å². The van der Waals surface area contributed by atoms with E-state index in [-0.39, 0.29) is 0 Å². The molecule has 2 nitrogen and oxygen atoms in total. The third kappa shape index (κ3) is 1.35. The van der Waals surface area contributed by atoms with Gasteiger partial charge in [-0.2, -0.15) is 0 Å². The minimum absolute atomic E-state index is 0.978. The molecule has 38 valence electrons. The van der Waals surface area contributed by atoms with Crippen molar-refractivity contribution in [2.24, 2.45) is 0 Å². The molecule has 0 amide bonds. The van der Waals surface area contributed by atoms with E-state index in [9.17, 15) is 0 Å². The maximum absolute atomic E-state index is 3.86. The first-order chi connectivity index (χ1) is 3.79. The van der Waals surface area contributed by atoms with Gasteiger partial charge in [0.15, 0.2) is 0 Å². The Morgan fingerprint density at radius 1 is 1.38 bits per heavy atom. The van der Waals surface area contributed by atoms with E-state index in [2.05, 4.69) is 10.2 Å². The van der Waals surface area contributed by atoms with Gasteiger partial charge in [0.25, 0.3) is 0 Å². The van der Waals surface area contributed by atoms with Crippen molar-refractivity contribution < 1.29 is 0 Å². The summed E-state index contributed by atoms with van der Waals surface area (Å²) < 4.78 is 1.03. The molecule has 0 fully saturated rings. The summed E-state index contributed by atoms with van der Waals surface area (Å²) in [5.74, 6) is 0. The van der Waals surface area contributed by atoms with Gasteiger partial charge < -0.3 is 0 Å². The second kappa shape index (κ2) is 2.32. The van der Waals surface area contributed by atoms with Gasteiger partial charge in [-0.3, -0.25) is 0 Å². The van der Waals surface area contributed by atoms with Crippen molar-refractivity contribution in [1.29, 1.82) is 0 Å². The third-order valence-corrected chi connectivity index (χ3v) is 1.46. The minimum atomic E-state index is 0.978. The van der Waals surface area contributed by atoms with Gasteiger partial charge in [-0.1, -0.05) is 0 Å². The molecule has 2 radical (unpaired) electrons. The quantitative estimate of drug-likeness (QED) is 0.485. The zero-order chi connectivity index (χ0) is 5.98. The molecule has 1 heterocycles. The average molecular weight is 163 g/mol. The number of hydrogen-bond donors (Lipinski definition) is 0. The van der Waals surface area contributed by atoms with Crippen molar-refractivity contribution >= 4 is 22.8 Å². The molecule has 8 heavy (non-hydrogen) atoms. The van der Waals surface area contributed by atoms with Gasteiger partial charge in [0.05, 0.1) is 0 Å². The van der Waals surface area contributed by atoms with Gasteiger partial charge in [0.2, 0.25) is 0 Å². The van der Waals surface area contributed by atoms with Crippen LogP contribution in [-0.2, 0) is 0 Å². The van der Waals surface area contributed by atoms with Gasteiger partial charge in [-0.05, 0) is 0 Å². The Bertz CT molecular complexity index is 149. The van der Waals surface area contributed by atoms with Crippen molar-refractivity contribution in [2.75, 3.05) is 0 Å². The molecular formula is C5H5GaN2. The van der Waals surface area contributed by atoms with Crippen LogP contribution in [0.4, 0.5) is 0 Å². The maximum atomic E-state index is 3.86. The van der Waals surface area contributed by atoms with Crippen LogP contribution in [0.2, 0.25) is 0 Å². The molecule has 0 aliphatic heterocycles. The van der Waals surface area contributed by atoms with Gasteiger partial charge >= 0.3 is 57.8 Å². The zero-order valence-corrected chi connectivity index (χ0v) is 7.05. The number of hydrogen-bond acceptors (Lipinski definition) is 2. The molecule has 1 rings (SSSR count). The van der Waals surface area contributed by atoms with Crippen LogP contribution in [0.5, 0.6) is 0 Å². The van der Waals surface area contributed by atoms with E-state index >= 15 is 0 Å². The Labute approximate surface area is 58.2 Å². The molecule has 0 aliphatic carbocycles. The Kier molecular flexibility index (Phi) is 1.70. The molecule has 0 atom stereocenters. The predicted octanol–water partition coefficient (Wildman–Crippen LogP) is -0.421. The molecule has 0 saturated carbocycles. The van der Waals surface area contributed by atoms with Crippen molar-refractivity contribution in [3.8, 4) is 0 Å². The first-order valence-corrected chi connectivity index (χ1v) is 3.56. The van der Waals surface area contributed by atoms with Crippen molar-refractivity contribution in [1.82, 2.24) is 10.2 Å². The summed E-state index contributed by atoms with van der Waals surface area (Å²) in [5.41, 5.74) is 0.978. The number of rotatable bonds is 0. The summed E-state index contributed by atoms with van der Waals surface area (Å²) >= 11 is 1.51. The molecular weight excluding hydrogens is 158 g/mol. The molecule has 3 heteroatoms. The zero-order valence-electron chi connectivity index (χ0n) is 4.63. The second-order valence-corrected chi connectivity index (χ2v) is 2.84. The van der Waals surface area contributed by atoms with Crippen molar-refractivity contribution in [3.05, 3.63) is 17.8 Å². The van der Waals surface area contributed by atoms with Crippen LogP contribution in [-0.4, -0.2) is 28.8 Å². The molecule has 0 aliphatic rings. The SMILES string of the molecule is Cc1cc[c]([Ga])nn1. The number of aromatic nitrogens is 2. The average Bonchev–Trinajstić information content (AvgIpc) is 1.77. The van der Waals surface area contributed by atoms with E-state index in [1.54, 1.807) is 0 Å². The Hall–Kier alpha value is -0.284. The monoisotopic (exact) mass is 162 g/mol. The normalized spacial score (nSPS) is 9.12. The van der Waals surface area contributed by atoms with Crippen LogP contribution in [0.1, 0.15) is 5.69 Å². The van der Waals surface area contributed by atoms with Crippen LogP contribution in [0.25, 0.3) is 0 Å². The number of aryl methyl sites for hydroxylation is 1. The van der Waals surface area contributed by atoms with E-state index in [0.29, 0.717) is 0 Å². The molecule has 1 aromatic rings. The standard InChI is InChI=1S/C5H5N2.Ga/c1-5-3-2-4-6-7-5;/h2-3H,1H3;. The molecule has 0 unspecified atom stereocenters. The Morgan fingerprint density at radius 2 is 2.12 bits per heavy atom. The summed E-state index contributed by atoms with van der Waals surface area (Å²) in [6.07, 6.45) is 0. The van der Waals surface area contributed by atoms with E-state index in [0.717, 1.165) is 9.94 Å².